The second-order valence-electron chi connectivity index (χ2n) is 6.51. The molecule has 7 nitrogen and oxygen atoms in total. The number of hydrogen-bond acceptors (Lipinski definition) is 4. The van der Waals surface area contributed by atoms with E-state index in [1.165, 1.54) is 5.56 Å². The van der Waals surface area contributed by atoms with E-state index in [0.29, 0.717) is 12.3 Å². The summed E-state index contributed by atoms with van der Waals surface area (Å²) in [6, 6.07) is 0.242. The molecule has 0 aromatic carbocycles. The number of ether oxygens (including phenoxy) is 1. The SMILES string of the molecule is COCCn1cc2c(n1)[C@@H](NC(=O)c1cn(C(C)C)cn1)CCC2. The Morgan fingerprint density at radius 3 is 3.00 bits per heavy atom. The van der Waals surface area contributed by atoms with Crippen LogP contribution in [-0.2, 0) is 17.7 Å². The zero-order valence-corrected chi connectivity index (χ0v) is 14.5. The number of carbonyl (C=O) groups excluding carboxylic acids is 1. The molecule has 1 atom stereocenters. The minimum Gasteiger partial charge on any atom is -0.383 e. The van der Waals surface area contributed by atoms with Crippen LogP contribution < -0.4 is 5.32 Å². The number of hydrogen-bond donors (Lipinski definition) is 1. The monoisotopic (exact) mass is 331 g/mol. The van der Waals surface area contributed by atoms with Crippen molar-refractivity contribution >= 4 is 5.91 Å². The molecule has 1 aliphatic carbocycles. The van der Waals surface area contributed by atoms with Gasteiger partial charge in [0, 0.05) is 25.5 Å². The molecule has 0 fully saturated rings. The Kier molecular flexibility index (Phi) is 4.99. The lowest BCUT2D eigenvalue weighted by Crippen LogP contribution is -2.31. The van der Waals surface area contributed by atoms with Gasteiger partial charge in [-0.05, 0) is 38.7 Å². The third-order valence-electron chi connectivity index (χ3n) is 4.40. The molecule has 0 bridgehead atoms. The van der Waals surface area contributed by atoms with E-state index >= 15 is 0 Å². The lowest BCUT2D eigenvalue weighted by atomic mass is 9.93. The summed E-state index contributed by atoms with van der Waals surface area (Å²) in [5.74, 6) is -0.140. The summed E-state index contributed by atoms with van der Waals surface area (Å²) in [7, 11) is 1.68. The van der Waals surface area contributed by atoms with Gasteiger partial charge in [0.1, 0.15) is 5.69 Å². The maximum Gasteiger partial charge on any atom is 0.272 e. The Morgan fingerprint density at radius 1 is 1.46 bits per heavy atom. The molecule has 24 heavy (non-hydrogen) atoms. The molecule has 0 spiro atoms. The van der Waals surface area contributed by atoms with Crippen LogP contribution in [-0.4, -0.2) is 39.0 Å². The highest BCUT2D eigenvalue weighted by Gasteiger charge is 2.26. The van der Waals surface area contributed by atoms with Crippen molar-refractivity contribution in [3.63, 3.8) is 0 Å². The molecule has 0 saturated carbocycles. The maximum absolute atomic E-state index is 12.5. The fraction of sp³-hybridized carbons (Fsp3) is 0.588. The first kappa shape index (κ1) is 16.7. The van der Waals surface area contributed by atoms with Crippen molar-refractivity contribution < 1.29 is 9.53 Å². The summed E-state index contributed by atoms with van der Waals surface area (Å²) >= 11 is 0. The molecule has 0 unspecified atom stereocenters. The second kappa shape index (κ2) is 7.17. The first-order chi connectivity index (χ1) is 11.6. The fourth-order valence-electron chi connectivity index (χ4n) is 3.01. The maximum atomic E-state index is 12.5. The topological polar surface area (TPSA) is 74.0 Å². The van der Waals surface area contributed by atoms with Crippen molar-refractivity contribution in [1.29, 1.82) is 0 Å². The molecular weight excluding hydrogens is 306 g/mol. The van der Waals surface area contributed by atoms with Crippen LogP contribution in [0, 0.1) is 0 Å². The summed E-state index contributed by atoms with van der Waals surface area (Å²) in [5.41, 5.74) is 2.65. The number of imidazole rings is 1. The standard InChI is InChI=1S/C17H25N5O2/c1-12(2)21-10-15(18-11-21)17(23)19-14-6-4-5-13-9-22(7-8-24-3)20-16(13)14/h9-12,14H,4-8H2,1-3H3,(H,19,23)/t14-/m0/s1. The van der Waals surface area contributed by atoms with Gasteiger partial charge in [0.15, 0.2) is 0 Å². The summed E-state index contributed by atoms with van der Waals surface area (Å²) in [6.45, 7) is 5.47. The van der Waals surface area contributed by atoms with Crippen molar-refractivity contribution in [2.24, 2.45) is 0 Å². The molecule has 3 rings (SSSR count). The van der Waals surface area contributed by atoms with E-state index in [4.69, 9.17) is 4.74 Å². The largest absolute Gasteiger partial charge is 0.383 e. The van der Waals surface area contributed by atoms with Crippen LogP contribution in [0.4, 0.5) is 0 Å². The molecular formula is C17H25N5O2. The molecule has 1 N–H and O–H groups in total. The Balaban J connectivity index is 1.71. The first-order valence-corrected chi connectivity index (χ1v) is 8.48. The van der Waals surface area contributed by atoms with Crippen molar-refractivity contribution in [3.05, 3.63) is 35.7 Å². The van der Waals surface area contributed by atoms with E-state index in [9.17, 15) is 4.79 Å². The molecule has 1 aliphatic rings. The van der Waals surface area contributed by atoms with E-state index < -0.39 is 0 Å². The fourth-order valence-corrected chi connectivity index (χ4v) is 3.01. The van der Waals surface area contributed by atoms with Crippen LogP contribution in [0.3, 0.4) is 0 Å². The second-order valence-corrected chi connectivity index (χ2v) is 6.51. The minimum absolute atomic E-state index is 0.0470. The summed E-state index contributed by atoms with van der Waals surface area (Å²) in [6.07, 6.45) is 8.53. The molecule has 0 saturated heterocycles. The van der Waals surface area contributed by atoms with Crippen LogP contribution in [0.2, 0.25) is 0 Å². The van der Waals surface area contributed by atoms with Crippen molar-refractivity contribution in [2.75, 3.05) is 13.7 Å². The van der Waals surface area contributed by atoms with Crippen molar-refractivity contribution in [1.82, 2.24) is 24.6 Å². The quantitative estimate of drug-likeness (QED) is 0.880. The number of nitrogens with one attached hydrogen (secondary N) is 1. The van der Waals surface area contributed by atoms with Gasteiger partial charge >= 0.3 is 0 Å². The number of rotatable bonds is 6. The molecule has 0 radical (unpaired) electrons. The van der Waals surface area contributed by atoms with E-state index in [1.807, 2.05) is 9.25 Å². The van der Waals surface area contributed by atoms with Crippen LogP contribution in [0.5, 0.6) is 0 Å². The molecule has 2 aromatic rings. The lowest BCUT2D eigenvalue weighted by molar-refractivity contribution is 0.0927. The van der Waals surface area contributed by atoms with Gasteiger partial charge in [0.2, 0.25) is 0 Å². The van der Waals surface area contributed by atoms with Gasteiger partial charge in [-0.1, -0.05) is 0 Å². The van der Waals surface area contributed by atoms with Crippen molar-refractivity contribution in [2.45, 2.75) is 51.7 Å². The number of amides is 1. The van der Waals surface area contributed by atoms with Crippen molar-refractivity contribution in [3.8, 4) is 0 Å². The van der Waals surface area contributed by atoms with E-state index in [-0.39, 0.29) is 18.0 Å². The average Bonchev–Trinajstić information content (AvgIpc) is 3.20. The van der Waals surface area contributed by atoms with Gasteiger partial charge in [-0.2, -0.15) is 5.10 Å². The lowest BCUT2D eigenvalue weighted by Gasteiger charge is -2.21. The summed E-state index contributed by atoms with van der Waals surface area (Å²) in [5, 5.41) is 7.74. The molecule has 130 valence electrons. The van der Waals surface area contributed by atoms with Crippen LogP contribution in [0.25, 0.3) is 0 Å². The van der Waals surface area contributed by atoms with Crippen LogP contribution in [0.15, 0.2) is 18.7 Å². The zero-order chi connectivity index (χ0) is 17.1. The molecule has 1 amide bonds. The third-order valence-corrected chi connectivity index (χ3v) is 4.40. The highest BCUT2D eigenvalue weighted by molar-refractivity contribution is 5.92. The number of carbonyl (C=O) groups is 1. The van der Waals surface area contributed by atoms with Gasteiger partial charge in [-0.15, -0.1) is 0 Å². The van der Waals surface area contributed by atoms with Crippen LogP contribution >= 0.6 is 0 Å². The smallest absolute Gasteiger partial charge is 0.272 e. The first-order valence-electron chi connectivity index (χ1n) is 8.48. The van der Waals surface area contributed by atoms with Gasteiger partial charge in [-0.3, -0.25) is 9.48 Å². The third kappa shape index (κ3) is 3.51. The molecule has 2 heterocycles. The van der Waals surface area contributed by atoms with E-state index in [0.717, 1.165) is 31.5 Å². The van der Waals surface area contributed by atoms with Gasteiger partial charge in [0.05, 0.1) is 31.2 Å². The number of methoxy groups -OCH3 is 1. The predicted octanol–water partition coefficient (Wildman–Crippen LogP) is 2.11. The highest BCUT2D eigenvalue weighted by atomic mass is 16.5. The number of aryl methyl sites for hydroxylation is 1. The normalized spacial score (nSPS) is 17.1. The van der Waals surface area contributed by atoms with Gasteiger partial charge in [-0.25, -0.2) is 4.98 Å². The average molecular weight is 331 g/mol. The zero-order valence-electron chi connectivity index (χ0n) is 14.5. The predicted molar refractivity (Wildman–Crippen MR) is 89.9 cm³/mol. The molecule has 2 aromatic heterocycles. The number of aromatic nitrogens is 4. The van der Waals surface area contributed by atoms with E-state index in [1.54, 1.807) is 19.6 Å². The Morgan fingerprint density at radius 2 is 2.29 bits per heavy atom. The Bertz CT molecular complexity index is 704. The van der Waals surface area contributed by atoms with E-state index in [2.05, 4.69) is 35.4 Å². The molecule has 7 heteroatoms. The number of fused-ring (bicyclic) bond motifs is 1. The minimum atomic E-state index is -0.140. The Hall–Kier alpha value is -2.15. The summed E-state index contributed by atoms with van der Waals surface area (Å²) in [4.78, 5) is 16.7. The highest BCUT2D eigenvalue weighted by Crippen LogP contribution is 2.28. The van der Waals surface area contributed by atoms with Gasteiger partial charge < -0.3 is 14.6 Å². The Labute approximate surface area is 142 Å². The molecule has 0 aliphatic heterocycles. The van der Waals surface area contributed by atoms with Gasteiger partial charge in [0.25, 0.3) is 5.91 Å². The van der Waals surface area contributed by atoms with Crippen LogP contribution in [0.1, 0.15) is 60.5 Å². The number of nitrogens with zero attached hydrogens (tertiary/aromatic N) is 4. The summed E-state index contributed by atoms with van der Waals surface area (Å²) < 4.78 is 8.95.